The molecule has 2 aromatic rings. The number of nitrogens with zero attached hydrogens (tertiary/aromatic N) is 2. The van der Waals surface area contributed by atoms with E-state index in [1.807, 2.05) is 18.2 Å². The average molecular weight is 249 g/mol. The molecule has 1 aliphatic heterocycles. The molecule has 0 spiro atoms. The van der Waals surface area contributed by atoms with Crippen molar-refractivity contribution < 1.29 is 4.74 Å². The van der Waals surface area contributed by atoms with Crippen molar-refractivity contribution in [3.8, 4) is 5.75 Å². The van der Waals surface area contributed by atoms with E-state index in [4.69, 9.17) is 10.5 Å². The maximum Gasteiger partial charge on any atom is 0.186 e. The van der Waals surface area contributed by atoms with Gasteiger partial charge in [-0.15, -0.1) is 0 Å². The van der Waals surface area contributed by atoms with Crippen LogP contribution in [0, 0.1) is 0 Å². The molecular weight excluding hydrogens is 234 g/mol. The van der Waals surface area contributed by atoms with Crippen LogP contribution in [0.5, 0.6) is 5.75 Å². The lowest BCUT2D eigenvalue weighted by Gasteiger charge is -2.12. The Bertz CT molecular complexity index is 540. The van der Waals surface area contributed by atoms with E-state index < -0.39 is 0 Å². The Morgan fingerprint density at radius 3 is 3.12 bits per heavy atom. The van der Waals surface area contributed by atoms with E-state index >= 15 is 0 Å². The van der Waals surface area contributed by atoms with Gasteiger partial charge in [-0.05, 0) is 24.6 Å². The van der Waals surface area contributed by atoms with Crippen molar-refractivity contribution >= 4 is 26.7 Å². The Hall–Kier alpha value is -1.33. The van der Waals surface area contributed by atoms with Crippen LogP contribution in [0.3, 0.4) is 0 Å². The molecule has 1 saturated heterocycles. The summed E-state index contributed by atoms with van der Waals surface area (Å²) in [5.41, 5.74) is 6.95. The number of hydrogen-bond acceptors (Lipinski definition) is 5. The number of fused-ring (bicyclic) bond motifs is 1. The van der Waals surface area contributed by atoms with Crippen molar-refractivity contribution in [3.63, 3.8) is 0 Å². The van der Waals surface area contributed by atoms with Gasteiger partial charge in [-0.3, -0.25) is 0 Å². The second-order valence-electron chi connectivity index (χ2n) is 4.32. The second-order valence-corrected chi connectivity index (χ2v) is 5.33. The van der Waals surface area contributed by atoms with E-state index in [0.717, 1.165) is 35.9 Å². The van der Waals surface area contributed by atoms with Crippen LogP contribution in [0.4, 0.5) is 5.13 Å². The first-order valence-corrected chi connectivity index (χ1v) is 6.53. The Labute approximate surface area is 104 Å². The molecule has 5 heteroatoms. The summed E-state index contributed by atoms with van der Waals surface area (Å²) in [5.74, 6) is 0.880. The highest BCUT2D eigenvalue weighted by molar-refractivity contribution is 7.22. The number of aromatic nitrogens is 1. The maximum absolute atomic E-state index is 5.92. The molecule has 1 atom stereocenters. The first-order chi connectivity index (χ1) is 8.26. The van der Waals surface area contributed by atoms with Gasteiger partial charge in [0.2, 0.25) is 0 Å². The topological polar surface area (TPSA) is 51.4 Å². The molecule has 0 radical (unpaired) electrons. The fourth-order valence-corrected chi connectivity index (χ4v) is 3.15. The van der Waals surface area contributed by atoms with Crippen molar-refractivity contribution in [3.05, 3.63) is 18.2 Å². The number of benzene rings is 1. The molecule has 0 bridgehead atoms. The Balaban J connectivity index is 1.96. The fraction of sp³-hybridized carbons (Fsp3) is 0.417. The third-order valence-corrected chi connectivity index (χ3v) is 4.16. The van der Waals surface area contributed by atoms with Crippen LogP contribution < -0.4 is 15.4 Å². The Morgan fingerprint density at radius 1 is 1.53 bits per heavy atom. The van der Waals surface area contributed by atoms with E-state index in [-0.39, 0.29) is 6.04 Å². The van der Waals surface area contributed by atoms with Crippen LogP contribution in [0.25, 0.3) is 10.2 Å². The summed E-state index contributed by atoms with van der Waals surface area (Å²) >= 11 is 1.71. The van der Waals surface area contributed by atoms with Crippen molar-refractivity contribution in [1.82, 2.24) is 4.98 Å². The lowest BCUT2D eigenvalue weighted by Crippen LogP contribution is -2.26. The lowest BCUT2D eigenvalue weighted by atomic mass is 10.3. The van der Waals surface area contributed by atoms with Crippen LogP contribution in [0.2, 0.25) is 0 Å². The van der Waals surface area contributed by atoms with Gasteiger partial charge < -0.3 is 15.4 Å². The van der Waals surface area contributed by atoms with Crippen molar-refractivity contribution in [2.24, 2.45) is 5.73 Å². The number of methoxy groups -OCH3 is 1. The largest absolute Gasteiger partial charge is 0.497 e. The van der Waals surface area contributed by atoms with E-state index in [1.54, 1.807) is 18.4 Å². The molecule has 0 amide bonds. The van der Waals surface area contributed by atoms with Gasteiger partial charge in [0.1, 0.15) is 5.75 Å². The maximum atomic E-state index is 5.92. The molecule has 90 valence electrons. The number of rotatable bonds is 2. The number of ether oxygens (including phenoxy) is 1. The summed E-state index contributed by atoms with van der Waals surface area (Å²) in [6, 6.07) is 6.27. The summed E-state index contributed by atoms with van der Waals surface area (Å²) in [6.45, 7) is 1.93. The minimum absolute atomic E-state index is 0.288. The van der Waals surface area contributed by atoms with Gasteiger partial charge in [0.25, 0.3) is 0 Å². The molecule has 0 saturated carbocycles. The Kier molecular flexibility index (Phi) is 2.64. The van der Waals surface area contributed by atoms with Gasteiger partial charge in [0.15, 0.2) is 5.13 Å². The van der Waals surface area contributed by atoms with Gasteiger partial charge >= 0.3 is 0 Å². The summed E-state index contributed by atoms with van der Waals surface area (Å²) in [7, 11) is 1.68. The number of thiazole rings is 1. The van der Waals surface area contributed by atoms with Crippen LogP contribution >= 0.6 is 11.3 Å². The van der Waals surface area contributed by atoms with Gasteiger partial charge in [-0.25, -0.2) is 4.98 Å². The average Bonchev–Trinajstić information content (AvgIpc) is 2.93. The van der Waals surface area contributed by atoms with E-state index in [0.29, 0.717) is 0 Å². The molecule has 2 N–H and O–H groups in total. The minimum Gasteiger partial charge on any atom is -0.497 e. The highest BCUT2D eigenvalue weighted by Crippen LogP contribution is 2.32. The summed E-state index contributed by atoms with van der Waals surface area (Å²) in [6.07, 6.45) is 1.05. The van der Waals surface area contributed by atoms with Gasteiger partial charge in [0, 0.05) is 19.1 Å². The molecule has 4 nitrogen and oxygen atoms in total. The van der Waals surface area contributed by atoms with Crippen molar-refractivity contribution in [2.75, 3.05) is 25.1 Å². The third kappa shape index (κ3) is 1.96. The van der Waals surface area contributed by atoms with E-state index in [1.165, 1.54) is 4.70 Å². The van der Waals surface area contributed by atoms with Crippen LogP contribution in [0.1, 0.15) is 6.42 Å². The zero-order valence-electron chi connectivity index (χ0n) is 9.72. The predicted molar refractivity (Wildman–Crippen MR) is 71.0 cm³/mol. The minimum atomic E-state index is 0.288. The molecule has 1 aliphatic rings. The number of nitrogens with two attached hydrogens (primary N) is 1. The van der Waals surface area contributed by atoms with Crippen molar-refractivity contribution in [2.45, 2.75) is 12.5 Å². The first-order valence-electron chi connectivity index (χ1n) is 5.71. The quantitative estimate of drug-likeness (QED) is 0.882. The standard InChI is InChI=1S/C12H15N3OS/c1-16-9-2-3-10-11(6-9)17-12(14-10)15-5-4-8(13)7-15/h2-3,6,8H,4-5,7,13H2,1H3. The van der Waals surface area contributed by atoms with E-state index in [9.17, 15) is 0 Å². The van der Waals surface area contributed by atoms with Gasteiger partial charge in [-0.2, -0.15) is 0 Å². The molecular formula is C12H15N3OS. The fourth-order valence-electron chi connectivity index (χ4n) is 2.12. The lowest BCUT2D eigenvalue weighted by molar-refractivity contribution is 0.415. The SMILES string of the molecule is COc1ccc2nc(N3CCC(N)C3)sc2c1. The number of hydrogen-bond donors (Lipinski definition) is 1. The Morgan fingerprint density at radius 2 is 2.41 bits per heavy atom. The second kappa shape index (κ2) is 4.16. The van der Waals surface area contributed by atoms with E-state index in [2.05, 4.69) is 9.88 Å². The van der Waals surface area contributed by atoms with Crippen LogP contribution in [-0.2, 0) is 0 Å². The molecule has 17 heavy (non-hydrogen) atoms. The summed E-state index contributed by atoms with van der Waals surface area (Å²) in [5, 5.41) is 1.07. The summed E-state index contributed by atoms with van der Waals surface area (Å²) < 4.78 is 6.39. The van der Waals surface area contributed by atoms with Gasteiger partial charge in [-0.1, -0.05) is 11.3 Å². The predicted octanol–water partition coefficient (Wildman–Crippen LogP) is 1.84. The monoisotopic (exact) mass is 249 g/mol. The molecule has 1 unspecified atom stereocenters. The molecule has 3 rings (SSSR count). The first kappa shape index (κ1) is 10.8. The van der Waals surface area contributed by atoms with Gasteiger partial charge in [0.05, 0.1) is 17.3 Å². The molecule has 1 fully saturated rings. The van der Waals surface area contributed by atoms with Crippen LogP contribution in [0.15, 0.2) is 18.2 Å². The third-order valence-electron chi connectivity index (χ3n) is 3.08. The normalized spacial score (nSPS) is 20.1. The molecule has 2 heterocycles. The number of anilines is 1. The van der Waals surface area contributed by atoms with Crippen molar-refractivity contribution in [1.29, 1.82) is 0 Å². The highest BCUT2D eigenvalue weighted by atomic mass is 32.1. The zero-order valence-corrected chi connectivity index (χ0v) is 10.5. The molecule has 1 aromatic heterocycles. The highest BCUT2D eigenvalue weighted by Gasteiger charge is 2.21. The summed E-state index contributed by atoms with van der Waals surface area (Å²) in [4.78, 5) is 6.90. The smallest absolute Gasteiger partial charge is 0.186 e. The molecule has 1 aromatic carbocycles. The van der Waals surface area contributed by atoms with Crippen LogP contribution in [-0.4, -0.2) is 31.2 Å². The zero-order chi connectivity index (χ0) is 11.8. The molecule has 0 aliphatic carbocycles.